The zero-order valence-electron chi connectivity index (χ0n) is 40.2. The van der Waals surface area contributed by atoms with Crippen molar-refractivity contribution in [3.63, 3.8) is 0 Å². The number of hydrogen-bond donors (Lipinski definition) is 0. The number of unbranched alkanes of at least 4 members (excludes halogenated alkanes) is 15. The largest absolute Gasteiger partial charge is 0.459 e. The first-order valence-corrected chi connectivity index (χ1v) is 24.5. The first-order chi connectivity index (χ1) is 29.2. The highest BCUT2D eigenvalue weighted by Crippen LogP contribution is 2.31. The summed E-state index contributed by atoms with van der Waals surface area (Å²) >= 11 is 0. The Morgan fingerprint density at radius 2 is 0.541 bits per heavy atom. The molecule has 0 bridgehead atoms. The third kappa shape index (κ3) is 22.5. The number of carbonyl (C=O) groups excluding carboxylic acids is 5. The molecule has 0 aliphatic carbocycles. The predicted octanol–water partition coefficient (Wildman–Crippen LogP) is 14.3. The van der Waals surface area contributed by atoms with Crippen molar-refractivity contribution >= 4 is 29.8 Å². The van der Waals surface area contributed by atoms with Gasteiger partial charge in [0.15, 0.2) is 0 Å². The van der Waals surface area contributed by atoms with Crippen LogP contribution in [0, 0.1) is 0 Å². The van der Waals surface area contributed by atoms with Crippen LogP contribution in [0.2, 0.25) is 0 Å². The van der Waals surface area contributed by atoms with Crippen molar-refractivity contribution in [1.29, 1.82) is 0 Å². The minimum Gasteiger partial charge on any atom is -0.459 e. The van der Waals surface area contributed by atoms with Crippen LogP contribution < -0.4 is 0 Å². The second-order valence-electron chi connectivity index (χ2n) is 17.4. The molecular formula is C51H86O10. The lowest BCUT2D eigenvalue weighted by atomic mass is 9.90. The van der Waals surface area contributed by atoms with E-state index in [0.29, 0.717) is 32.1 Å². The summed E-state index contributed by atoms with van der Waals surface area (Å²) in [5.74, 6) is -4.84. The summed E-state index contributed by atoms with van der Waals surface area (Å²) in [4.78, 5) is 72.6. The molecule has 350 valence electrons. The standard InChI is InChI=1S/C51H86O10/c1-11-16-21-26-31-37(6)57-47(52)42-36-43(48(53)58-38(7)32-27-22-17-12-2)45(50(55)60-40(9)34-29-24-19-14-4)46(51(56)61-41(10)35-30-25-20-15-5)44(42)49(54)59-39(8)33-28-23-18-13-3/h36-41H,11-35H2,1-10H3/t37-,38-,39-,40-,41-/m1/s1. The molecule has 0 heterocycles. The van der Waals surface area contributed by atoms with Crippen molar-refractivity contribution in [2.75, 3.05) is 0 Å². The van der Waals surface area contributed by atoms with E-state index in [9.17, 15) is 24.0 Å². The van der Waals surface area contributed by atoms with Gasteiger partial charge in [-0.15, -0.1) is 0 Å². The fraction of sp³-hybridized carbons (Fsp3) is 0.784. The van der Waals surface area contributed by atoms with Crippen molar-refractivity contribution in [3.05, 3.63) is 33.9 Å². The lowest BCUT2D eigenvalue weighted by Crippen LogP contribution is -2.31. The van der Waals surface area contributed by atoms with E-state index in [2.05, 4.69) is 34.6 Å². The molecule has 0 saturated carbocycles. The van der Waals surface area contributed by atoms with Gasteiger partial charge in [0.1, 0.15) is 0 Å². The zero-order valence-corrected chi connectivity index (χ0v) is 40.2. The molecule has 0 aliphatic heterocycles. The van der Waals surface area contributed by atoms with E-state index in [4.69, 9.17) is 23.7 Å². The maximum Gasteiger partial charge on any atom is 0.340 e. The summed E-state index contributed by atoms with van der Waals surface area (Å²) in [6.07, 6.45) is 19.3. The second-order valence-corrected chi connectivity index (χ2v) is 17.4. The highest BCUT2D eigenvalue weighted by Gasteiger charge is 2.39. The molecule has 5 atom stereocenters. The van der Waals surface area contributed by atoms with E-state index in [0.717, 1.165) is 134 Å². The average molecular weight is 859 g/mol. The van der Waals surface area contributed by atoms with Crippen LogP contribution in [0.25, 0.3) is 0 Å². The van der Waals surface area contributed by atoms with Gasteiger partial charge in [-0.2, -0.15) is 0 Å². The molecule has 0 aliphatic rings. The Bertz CT molecular complexity index is 1330. The quantitative estimate of drug-likeness (QED) is 0.0369. The van der Waals surface area contributed by atoms with Crippen molar-refractivity contribution < 1.29 is 47.7 Å². The monoisotopic (exact) mass is 859 g/mol. The van der Waals surface area contributed by atoms with E-state index in [1.54, 1.807) is 34.6 Å². The third-order valence-corrected chi connectivity index (χ3v) is 11.2. The Labute approximate surface area is 370 Å². The van der Waals surface area contributed by atoms with Crippen LogP contribution in [0.5, 0.6) is 0 Å². The van der Waals surface area contributed by atoms with Crippen molar-refractivity contribution in [3.8, 4) is 0 Å². The fourth-order valence-corrected chi connectivity index (χ4v) is 7.44. The molecule has 0 N–H and O–H groups in total. The van der Waals surface area contributed by atoms with Gasteiger partial charge in [-0.25, -0.2) is 24.0 Å². The molecule has 0 radical (unpaired) electrons. The smallest absolute Gasteiger partial charge is 0.340 e. The van der Waals surface area contributed by atoms with Gasteiger partial charge >= 0.3 is 29.8 Å². The van der Waals surface area contributed by atoms with Crippen LogP contribution in [0.3, 0.4) is 0 Å². The van der Waals surface area contributed by atoms with Gasteiger partial charge in [-0.3, -0.25) is 0 Å². The van der Waals surface area contributed by atoms with Gasteiger partial charge in [0, 0.05) is 0 Å². The second kappa shape index (κ2) is 33.2. The zero-order chi connectivity index (χ0) is 45.6. The molecule has 0 spiro atoms. The third-order valence-electron chi connectivity index (χ3n) is 11.2. The van der Waals surface area contributed by atoms with Gasteiger partial charge in [0.05, 0.1) is 58.3 Å². The van der Waals surface area contributed by atoms with E-state index in [1.807, 2.05) is 0 Å². The number of hydrogen-bond acceptors (Lipinski definition) is 10. The predicted molar refractivity (Wildman–Crippen MR) is 245 cm³/mol. The van der Waals surface area contributed by atoms with Gasteiger partial charge in [-0.05, 0) is 105 Å². The van der Waals surface area contributed by atoms with Crippen LogP contribution in [-0.4, -0.2) is 60.4 Å². The first kappa shape index (κ1) is 55.6. The Morgan fingerprint density at radius 1 is 0.328 bits per heavy atom. The van der Waals surface area contributed by atoms with Crippen molar-refractivity contribution in [2.45, 2.75) is 260 Å². The number of esters is 5. The van der Waals surface area contributed by atoms with Crippen LogP contribution >= 0.6 is 0 Å². The van der Waals surface area contributed by atoms with Crippen LogP contribution in [0.1, 0.15) is 282 Å². The lowest BCUT2D eigenvalue weighted by Gasteiger charge is -2.24. The van der Waals surface area contributed by atoms with E-state index >= 15 is 0 Å². The molecule has 1 aromatic carbocycles. The van der Waals surface area contributed by atoms with Crippen LogP contribution in [-0.2, 0) is 23.7 Å². The summed E-state index contributed by atoms with van der Waals surface area (Å²) in [6, 6.07) is 1.16. The maximum atomic E-state index is 14.7. The number of carbonyl (C=O) groups is 5. The molecule has 61 heavy (non-hydrogen) atoms. The Morgan fingerprint density at radius 3 is 0.770 bits per heavy atom. The summed E-state index contributed by atoms with van der Waals surface area (Å²) < 4.78 is 29.9. The highest BCUT2D eigenvalue weighted by atomic mass is 16.6. The van der Waals surface area contributed by atoms with Crippen molar-refractivity contribution in [1.82, 2.24) is 0 Å². The Kier molecular flexibility index (Phi) is 30.2. The Hall–Kier alpha value is -3.43. The van der Waals surface area contributed by atoms with Gasteiger partial charge in [-0.1, -0.05) is 131 Å². The molecule has 1 rings (SSSR count). The van der Waals surface area contributed by atoms with Gasteiger partial charge < -0.3 is 23.7 Å². The van der Waals surface area contributed by atoms with Crippen LogP contribution in [0.4, 0.5) is 0 Å². The maximum absolute atomic E-state index is 14.7. The van der Waals surface area contributed by atoms with Gasteiger partial charge in [0.2, 0.25) is 0 Å². The number of benzene rings is 1. The molecule has 0 aromatic heterocycles. The summed E-state index contributed by atoms with van der Waals surface area (Å²) in [5, 5.41) is 0. The fourth-order valence-electron chi connectivity index (χ4n) is 7.44. The molecule has 10 nitrogen and oxygen atoms in total. The summed E-state index contributed by atoms with van der Waals surface area (Å²) in [7, 11) is 0. The average Bonchev–Trinajstić information content (AvgIpc) is 3.22. The minimum absolute atomic E-state index is 0.363. The molecule has 1 aromatic rings. The lowest BCUT2D eigenvalue weighted by molar-refractivity contribution is 0.0223. The molecule has 10 heteroatoms. The van der Waals surface area contributed by atoms with Gasteiger partial charge in [0.25, 0.3) is 0 Å². The highest BCUT2D eigenvalue weighted by molar-refractivity contribution is 6.19. The Balaban J connectivity index is 4.15. The molecule has 0 unspecified atom stereocenters. The first-order valence-electron chi connectivity index (χ1n) is 24.5. The normalized spacial score (nSPS) is 13.7. The summed E-state index contributed by atoms with van der Waals surface area (Å²) in [5.41, 5.74) is -2.22. The topological polar surface area (TPSA) is 132 Å². The molecule has 0 fully saturated rings. The van der Waals surface area contributed by atoms with E-state index < -0.39 is 77.1 Å². The summed E-state index contributed by atoms with van der Waals surface area (Å²) in [6.45, 7) is 19.4. The van der Waals surface area contributed by atoms with Crippen LogP contribution in [0.15, 0.2) is 6.07 Å². The van der Waals surface area contributed by atoms with E-state index in [1.165, 1.54) is 0 Å². The minimum atomic E-state index is -1.03. The SMILES string of the molecule is CCCCCC[C@@H](C)OC(=O)c1cc(C(=O)O[C@H](C)CCCCCC)c(C(=O)O[C@H](C)CCCCCC)c(C(=O)O[C@H](C)CCCCCC)c1C(=O)O[C@H](C)CCCCCC. The molecule has 0 saturated heterocycles. The number of ether oxygens (including phenoxy) is 5. The number of rotatable bonds is 35. The van der Waals surface area contributed by atoms with E-state index in [-0.39, 0.29) is 11.1 Å². The molecule has 0 amide bonds. The van der Waals surface area contributed by atoms with Crippen molar-refractivity contribution in [2.24, 2.45) is 0 Å². The molecular weight excluding hydrogens is 773 g/mol.